The van der Waals surface area contributed by atoms with Crippen LogP contribution in [0.5, 0.6) is 0 Å². The molecule has 0 heterocycles. The zero-order chi connectivity index (χ0) is 11.3. The normalized spacial score (nSPS) is 11.8. The van der Waals surface area contributed by atoms with Gasteiger partial charge in [-0.05, 0) is 24.3 Å². The molecule has 0 aliphatic heterocycles. The molecule has 0 aliphatic carbocycles. The second-order valence-electron chi connectivity index (χ2n) is 2.66. The summed E-state index contributed by atoms with van der Waals surface area (Å²) in [4.78, 5) is 11.5. The van der Waals surface area contributed by atoms with Gasteiger partial charge in [-0.3, -0.25) is 0 Å². The van der Waals surface area contributed by atoms with E-state index >= 15 is 0 Å². The van der Waals surface area contributed by atoms with Gasteiger partial charge in [-0.1, -0.05) is 12.7 Å². The van der Waals surface area contributed by atoms with E-state index in [2.05, 4.69) is 6.58 Å². The average Bonchev–Trinajstić information content (AvgIpc) is 2.26. The van der Waals surface area contributed by atoms with Crippen molar-refractivity contribution in [1.82, 2.24) is 0 Å². The van der Waals surface area contributed by atoms with Gasteiger partial charge in [0.05, 0.1) is 10.5 Å². The van der Waals surface area contributed by atoms with E-state index in [-0.39, 0.29) is 11.5 Å². The molecule has 1 rings (SSSR count). The van der Waals surface area contributed by atoms with E-state index in [1.54, 1.807) is 0 Å². The van der Waals surface area contributed by atoms with Crippen molar-refractivity contribution in [3.05, 3.63) is 42.5 Å². The lowest BCUT2D eigenvalue weighted by molar-refractivity contribution is 0.0549. The molecule has 1 unspecified atom stereocenters. The van der Waals surface area contributed by atoms with Gasteiger partial charge in [-0.25, -0.2) is 9.00 Å². The van der Waals surface area contributed by atoms with E-state index < -0.39 is 17.0 Å². The molecule has 15 heavy (non-hydrogen) atoms. The monoisotopic (exact) mass is 226 g/mol. The molecule has 1 aromatic rings. The van der Waals surface area contributed by atoms with Crippen LogP contribution in [-0.2, 0) is 15.8 Å². The Labute approximate surface area is 89.9 Å². The van der Waals surface area contributed by atoms with Crippen molar-refractivity contribution < 1.29 is 18.3 Å². The van der Waals surface area contributed by atoms with Gasteiger partial charge in [0.1, 0.15) is 6.61 Å². The summed E-state index contributed by atoms with van der Waals surface area (Å²) in [5.41, 5.74) is 0.339. The standard InChI is InChI=1S/C10H10O4S/c1-2-7-14-10(11)8-3-5-9(6-4-8)15(12)13/h2-6H,1,7H2,(H,12,13). The second-order valence-corrected chi connectivity index (χ2v) is 3.63. The van der Waals surface area contributed by atoms with Crippen molar-refractivity contribution in [2.45, 2.75) is 4.90 Å². The Morgan fingerprint density at radius 1 is 1.47 bits per heavy atom. The predicted molar refractivity (Wildman–Crippen MR) is 56.0 cm³/mol. The van der Waals surface area contributed by atoms with Gasteiger partial charge in [-0.2, -0.15) is 0 Å². The third kappa shape index (κ3) is 3.30. The smallest absolute Gasteiger partial charge is 0.338 e. The van der Waals surface area contributed by atoms with Crippen molar-refractivity contribution >= 4 is 17.0 Å². The lowest BCUT2D eigenvalue weighted by Crippen LogP contribution is -2.05. The molecule has 1 atom stereocenters. The lowest BCUT2D eigenvalue weighted by Gasteiger charge is -2.01. The molecular weight excluding hydrogens is 216 g/mol. The molecule has 0 saturated carbocycles. The Morgan fingerprint density at radius 2 is 2.07 bits per heavy atom. The largest absolute Gasteiger partial charge is 0.458 e. The van der Waals surface area contributed by atoms with E-state index in [1.807, 2.05) is 0 Å². The van der Waals surface area contributed by atoms with Gasteiger partial charge in [-0.15, -0.1) is 0 Å². The van der Waals surface area contributed by atoms with Crippen LogP contribution in [0.4, 0.5) is 0 Å². The zero-order valence-corrected chi connectivity index (χ0v) is 8.70. The fourth-order valence-electron chi connectivity index (χ4n) is 0.925. The van der Waals surface area contributed by atoms with Gasteiger partial charge < -0.3 is 9.29 Å². The molecule has 0 amide bonds. The first kappa shape index (κ1) is 11.6. The van der Waals surface area contributed by atoms with Gasteiger partial charge in [0.2, 0.25) is 0 Å². The Balaban J connectivity index is 2.75. The maximum Gasteiger partial charge on any atom is 0.338 e. The summed E-state index contributed by atoms with van der Waals surface area (Å²) >= 11 is -2.02. The third-order valence-corrected chi connectivity index (χ3v) is 2.30. The molecule has 0 aliphatic rings. The first-order valence-corrected chi connectivity index (χ1v) is 5.24. The number of hydrogen-bond acceptors (Lipinski definition) is 3. The molecular formula is C10H10O4S. The van der Waals surface area contributed by atoms with Gasteiger partial charge in [0.25, 0.3) is 0 Å². The lowest BCUT2D eigenvalue weighted by atomic mass is 10.2. The molecule has 0 saturated heterocycles. The SMILES string of the molecule is C=CCOC(=O)c1ccc(S(=O)O)cc1. The summed E-state index contributed by atoms with van der Waals surface area (Å²) in [5, 5.41) is 0. The van der Waals surface area contributed by atoms with E-state index in [0.29, 0.717) is 5.56 Å². The van der Waals surface area contributed by atoms with Crippen molar-refractivity contribution in [2.24, 2.45) is 0 Å². The molecule has 0 spiro atoms. The second kappa shape index (κ2) is 5.43. The first-order chi connectivity index (χ1) is 7.15. The fourth-order valence-corrected chi connectivity index (χ4v) is 1.29. The average molecular weight is 226 g/mol. The van der Waals surface area contributed by atoms with Crippen LogP contribution in [-0.4, -0.2) is 21.3 Å². The first-order valence-electron chi connectivity index (χ1n) is 4.14. The molecule has 1 aromatic carbocycles. The fraction of sp³-hybridized carbons (Fsp3) is 0.100. The maximum atomic E-state index is 11.3. The number of benzene rings is 1. The van der Waals surface area contributed by atoms with Crippen molar-refractivity contribution in [3.63, 3.8) is 0 Å². The zero-order valence-electron chi connectivity index (χ0n) is 7.88. The molecule has 1 N–H and O–H groups in total. The van der Waals surface area contributed by atoms with Gasteiger partial charge >= 0.3 is 5.97 Å². The quantitative estimate of drug-likeness (QED) is 0.481. The minimum absolute atomic E-state index is 0.145. The summed E-state index contributed by atoms with van der Waals surface area (Å²) in [6.45, 7) is 3.56. The summed E-state index contributed by atoms with van der Waals surface area (Å²) < 4.78 is 24.2. The summed E-state index contributed by atoms with van der Waals surface area (Å²) in [5.74, 6) is -0.481. The summed E-state index contributed by atoms with van der Waals surface area (Å²) in [7, 11) is 0. The van der Waals surface area contributed by atoms with E-state index in [4.69, 9.17) is 9.29 Å². The molecule has 5 heteroatoms. The van der Waals surface area contributed by atoms with Gasteiger partial charge in [0.15, 0.2) is 11.1 Å². The topological polar surface area (TPSA) is 63.6 Å². The number of rotatable bonds is 4. The van der Waals surface area contributed by atoms with E-state index in [0.717, 1.165) is 0 Å². The number of hydrogen-bond donors (Lipinski definition) is 1. The van der Waals surface area contributed by atoms with Crippen LogP contribution < -0.4 is 0 Å². The number of carbonyl (C=O) groups is 1. The third-order valence-electron chi connectivity index (χ3n) is 1.62. The number of esters is 1. The number of ether oxygens (including phenoxy) is 1. The molecule has 0 fully saturated rings. The molecule has 4 nitrogen and oxygen atoms in total. The highest BCUT2D eigenvalue weighted by Gasteiger charge is 2.07. The molecule has 0 aromatic heterocycles. The Bertz CT molecular complexity index is 383. The van der Waals surface area contributed by atoms with Crippen molar-refractivity contribution in [2.75, 3.05) is 6.61 Å². The van der Waals surface area contributed by atoms with Crippen LogP contribution in [0.3, 0.4) is 0 Å². The van der Waals surface area contributed by atoms with Crippen molar-refractivity contribution in [3.8, 4) is 0 Å². The van der Waals surface area contributed by atoms with Crippen LogP contribution >= 0.6 is 0 Å². The van der Waals surface area contributed by atoms with Crippen LogP contribution in [0, 0.1) is 0 Å². The highest BCUT2D eigenvalue weighted by molar-refractivity contribution is 7.79. The minimum atomic E-state index is -2.02. The summed E-state index contributed by atoms with van der Waals surface area (Å²) in [6, 6.07) is 5.69. The van der Waals surface area contributed by atoms with Gasteiger partial charge in [0, 0.05) is 0 Å². The van der Waals surface area contributed by atoms with Crippen molar-refractivity contribution in [1.29, 1.82) is 0 Å². The number of carbonyl (C=O) groups excluding carboxylic acids is 1. The predicted octanol–water partition coefficient (Wildman–Crippen LogP) is 1.61. The Hall–Kier alpha value is -1.46. The van der Waals surface area contributed by atoms with Crippen LogP contribution in [0.15, 0.2) is 41.8 Å². The maximum absolute atomic E-state index is 11.3. The van der Waals surface area contributed by atoms with Crippen LogP contribution in [0.2, 0.25) is 0 Å². The highest BCUT2D eigenvalue weighted by Crippen LogP contribution is 2.08. The Morgan fingerprint density at radius 3 is 2.53 bits per heavy atom. The van der Waals surface area contributed by atoms with E-state index in [1.165, 1.54) is 30.3 Å². The molecule has 0 bridgehead atoms. The molecule has 80 valence electrons. The Kier molecular flexibility index (Phi) is 4.20. The minimum Gasteiger partial charge on any atom is -0.458 e. The van der Waals surface area contributed by atoms with Crippen LogP contribution in [0.1, 0.15) is 10.4 Å². The van der Waals surface area contributed by atoms with E-state index in [9.17, 15) is 9.00 Å². The van der Waals surface area contributed by atoms with Crippen LogP contribution in [0.25, 0.3) is 0 Å². The molecule has 0 radical (unpaired) electrons. The highest BCUT2D eigenvalue weighted by atomic mass is 32.2. The summed E-state index contributed by atoms with van der Waals surface area (Å²) in [6.07, 6.45) is 1.47.